The van der Waals surface area contributed by atoms with Crippen LogP contribution < -0.4 is 11.2 Å². The second-order valence-corrected chi connectivity index (χ2v) is 6.80. The van der Waals surface area contributed by atoms with Crippen molar-refractivity contribution in [2.45, 2.75) is 19.5 Å². The molecule has 0 amide bonds. The van der Waals surface area contributed by atoms with Crippen LogP contribution in [0, 0.1) is 5.82 Å². The molecule has 1 heterocycles. The third kappa shape index (κ3) is 4.37. The van der Waals surface area contributed by atoms with Crippen LogP contribution in [0.1, 0.15) is 6.42 Å². The van der Waals surface area contributed by atoms with Gasteiger partial charge in [-0.2, -0.15) is 11.8 Å². The summed E-state index contributed by atoms with van der Waals surface area (Å²) >= 11 is 7.59. The lowest BCUT2D eigenvalue weighted by atomic mass is 10.1. The first-order valence-corrected chi connectivity index (χ1v) is 9.52. The van der Waals surface area contributed by atoms with Crippen molar-refractivity contribution in [1.29, 1.82) is 0 Å². The highest BCUT2D eigenvalue weighted by Gasteiger charge is 2.18. The van der Waals surface area contributed by atoms with Crippen molar-refractivity contribution < 1.29 is 13.9 Å². The van der Waals surface area contributed by atoms with E-state index in [0.29, 0.717) is 6.42 Å². The first-order valence-electron chi connectivity index (χ1n) is 7.75. The molecule has 0 spiro atoms. The van der Waals surface area contributed by atoms with Crippen molar-refractivity contribution in [1.82, 2.24) is 9.13 Å². The molecule has 0 atom stereocenters. The van der Waals surface area contributed by atoms with Gasteiger partial charge in [0.05, 0.1) is 17.7 Å². The lowest BCUT2D eigenvalue weighted by molar-refractivity contribution is -0.141. The zero-order valence-electron chi connectivity index (χ0n) is 14.3. The number of hydrogen-bond donors (Lipinski definition) is 0. The quantitative estimate of drug-likeness (QED) is 0.527. The molecule has 26 heavy (non-hydrogen) atoms. The molecule has 9 heteroatoms. The fourth-order valence-corrected chi connectivity index (χ4v) is 3.08. The summed E-state index contributed by atoms with van der Waals surface area (Å²) in [7, 11) is 1.20. The molecule has 2 rings (SSSR count). The van der Waals surface area contributed by atoms with E-state index in [1.165, 1.54) is 31.5 Å². The summed E-state index contributed by atoms with van der Waals surface area (Å²) in [6, 6.07) is 4.08. The average Bonchev–Trinajstić information content (AvgIpc) is 2.62. The second-order valence-electron chi connectivity index (χ2n) is 5.43. The van der Waals surface area contributed by atoms with Crippen LogP contribution in [0.3, 0.4) is 0 Å². The van der Waals surface area contributed by atoms with Gasteiger partial charge in [0.2, 0.25) is 0 Å². The predicted molar refractivity (Wildman–Crippen MR) is 100 cm³/mol. The number of methoxy groups -OCH3 is 1. The van der Waals surface area contributed by atoms with E-state index in [1.54, 1.807) is 11.8 Å². The van der Waals surface area contributed by atoms with Crippen LogP contribution in [-0.4, -0.2) is 34.2 Å². The Bertz CT molecular complexity index is 926. The molecule has 0 saturated heterocycles. The molecule has 0 fully saturated rings. The van der Waals surface area contributed by atoms with Crippen molar-refractivity contribution in [2.75, 3.05) is 19.1 Å². The van der Waals surface area contributed by atoms with E-state index in [9.17, 15) is 18.8 Å². The SMILES string of the molecule is COC(=O)Cn1cc(-c2cccc(F)c2Cl)c(=O)n(CCCSC)c1=O. The molecule has 0 aliphatic heterocycles. The van der Waals surface area contributed by atoms with Gasteiger partial charge in [-0.1, -0.05) is 23.7 Å². The standard InChI is InChI=1S/C17H18ClFN2O4S/c1-25-14(22)10-20-9-12(11-5-3-6-13(19)15(11)18)16(23)21(17(20)24)7-4-8-26-2/h3,5-6,9H,4,7-8,10H2,1-2H3. The molecule has 1 aromatic heterocycles. The van der Waals surface area contributed by atoms with Crippen LogP contribution >= 0.6 is 23.4 Å². The van der Waals surface area contributed by atoms with Gasteiger partial charge >= 0.3 is 11.7 Å². The molecular weight excluding hydrogens is 383 g/mol. The zero-order chi connectivity index (χ0) is 19.3. The van der Waals surface area contributed by atoms with Crippen LogP contribution in [0.25, 0.3) is 11.1 Å². The maximum atomic E-state index is 13.8. The summed E-state index contributed by atoms with van der Waals surface area (Å²) in [5, 5.41) is -0.219. The molecule has 2 aromatic rings. The first-order chi connectivity index (χ1) is 12.4. The molecule has 0 bridgehead atoms. The summed E-state index contributed by atoms with van der Waals surface area (Å²) in [6.07, 6.45) is 3.73. The minimum absolute atomic E-state index is 0.0437. The molecule has 140 valence electrons. The normalized spacial score (nSPS) is 10.8. The largest absolute Gasteiger partial charge is 0.468 e. The number of thioether (sulfide) groups is 1. The molecule has 0 radical (unpaired) electrons. The number of rotatable bonds is 7. The first kappa shape index (κ1) is 20.3. The number of nitrogens with zero attached hydrogens (tertiary/aromatic N) is 2. The van der Waals surface area contributed by atoms with Crippen molar-refractivity contribution in [3.8, 4) is 11.1 Å². The molecule has 0 aliphatic rings. The lowest BCUT2D eigenvalue weighted by Gasteiger charge is -2.13. The van der Waals surface area contributed by atoms with Gasteiger partial charge in [0.15, 0.2) is 0 Å². The summed E-state index contributed by atoms with van der Waals surface area (Å²) in [5.41, 5.74) is -1.00. The number of aromatic nitrogens is 2. The monoisotopic (exact) mass is 400 g/mol. The molecule has 0 saturated carbocycles. The van der Waals surface area contributed by atoms with Gasteiger partial charge in [0.1, 0.15) is 12.4 Å². The summed E-state index contributed by atoms with van der Waals surface area (Å²) in [5.74, 6) is -0.561. The van der Waals surface area contributed by atoms with Crippen molar-refractivity contribution in [2.24, 2.45) is 0 Å². The molecule has 0 N–H and O–H groups in total. The maximum Gasteiger partial charge on any atom is 0.331 e. The van der Waals surface area contributed by atoms with Crippen molar-refractivity contribution in [3.63, 3.8) is 0 Å². The molecular formula is C17H18ClFN2O4S. The third-order valence-electron chi connectivity index (χ3n) is 3.74. The van der Waals surface area contributed by atoms with Crippen LogP contribution in [-0.2, 0) is 22.6 Å². The highest BCUT2D eigenvalue weighted by Crippen LogP contribution is 2.27. The number of hydrogen-bond acceptors (Lipinski definition) is 5. The van der Waals surface area contributed by atoms with Gasteiger partial charge in [-0.05, 0) is 24.5 Å². The maximum absolute atomic E-state index is 13.8. The second kappa shape index (κ2) is 9.05. The van der Waals surface area contributed by atoms with E-state index in [0.717, 1.165) is 14.9 Å². The Kier molecular flexibility index (Phi) is 7.05. The van der Waals surface area contributed by atoms with Crippen LogP contribution in [0.15, 0.2) is 34.0 Å². The Morgan fingerprint density at radius 1 is 1.31 bits per heavy atom. The Balaban J connectivity index is 2.66. The summed E-state index contributed by atoms with van der Waals surface area (Å²) in [6.45, 7) is -0.182. The topological polar surface area (TPSA) is 70.3 Å². The van der Waals surface area contributed by atoms with E-state index in [1.807, 2.05) is 6.26 Å². The van der Waals surface area contributed by atoms with E-state index >= 15 is 0 Å². The molecule has 0 aliphatic carbocycles. The van der Waals surface area contributed by atoms with Gasteiger partial charge in [-0.25, -0.2) is 9.18 Å². The third-order valence-corrected chi connectivity index (χ3v) is 4.82. The molecule has 6 nitrogen and oxygen atoms in total. The number of carbonyl (C=O) groups is 1. The zero-order valence-corrected chi connectivity index (χ0v) is 15.9. The highest BCUT2D eigenvalue weighted by molar-refractivity contribution is 7.98. The average molecular weight is 401 g/mol. The molecule has 0 unspecified atom stereocenters. The Morgan fingerprint density at radius 3 is 2.69 bits per heavy atom. The number of ether oxygens (including phenoxy) is 1. The van der Waals surface area contributed by atoms with Gasteiger partial charge in [0.25, 0.3) is 5.56 Å². The van der Waals surface area contributed by atoms with Crippen LogP contribution in [0.4, 0.5) is 4.39 Å². The smallest absolute Gasteiger partial charge is 0.331 e. The fraction of sp³-hybridized carbons (Fsp3) is 0.353. The highest BCUT2D eigenvalue weighted by atomic mass is 35.5. The van der Waals surface area contributed by atoms with E-state index in [2.05, 4.69) is 4.74 Å². The van der Waals surface area contributed by atoms with E-state index in [-0.39, 0.29) is 29.2 Å². The van der Waals surface area contributed by atoms with Gasteiger partial charge < -0.3 is 4.74 Å². The lowest BCUT2D eigenvalue weighted by Crippen LogP contribution is -2.41. The molecule has 1 aromatic carbocycles. The fourth-order valence-electron chi connectivity index (χ4n) is 2.43. The summed E-state index contributed by atoms with van der Waals surface area (Å²) in [4.78, 5) is 37.0. The Hall–Kier alpha value is -2.06. The Morgan fingerprint density at radius 2 is 2.04 bits per heavy atom. The van der Waals surface area contributed by atoms with Crippen LogP contribution in [0.5, 0.6) is 0 Å². The number of halogens is 2. The Labute approximate surface area is 158 Å². The van der Waals surface area contributed by atoms with Gasteiger partial charge in [-0.15, -0.1) is 0 Å². The minimum atomic E-state index is -0.678. The van der Waals surface area contributed by atoms with Crippen molar-refractivity contribution in [3.05, 3.63) is 56.1 Å². The van der Waals surface area contributed by atoms with E-state index < -0.39 is 23.0 Å². The predicted octanol–water partition coefficient (Wildman–Crippen LogP) is 2.40. The van der Waals surface area contributed by atoms with Gasteiger partial charge in [0, 0.05) is 18.3 Å². The van der Waals surface area contributed by atoms with E-state index in [4.69, 9.17) is 11.6 Å². The number of carbonyl (C=O) groups excluding carboxylic acids is 1. The summed E-state index contributed by atoms with van der Waals surface area (Å²) < 4.78 is 20.5. The van der Waals surface area contributed by atoms with Gasteiger partial charge in [-0.3, -0.25) is 18.7 Å². The number of benzene rings is 1. The number of esters is 1. The minimum Gasteiger partial charge on any atom is -0.468 e. The van der Waals surface area contributed by atoms with Crippen molar-refractivity contribution >= 4 is 29.3 Å². The van der Waals surface area contributed by atoms with Crippen LogP contribution in [0.2, 0.25) is 5.02 Å².